The molecule has 1 fully saturated rings. The Hall–Kier alpha value is -3.10. The Bertz CT molecular complexity index is 923. The Morgan fingerprint density at radius 3 is 2.31 bits per heavy atom. The van der Waals surface area contributed by atoms with Gasteiger partial charge in [0.1, 0.15) is 12.0 Å². The molecule has 0 unspecified atom stereocenters. The van der Waals surface area contributed by atoms with Gasteiger partial charge in [-0.1, -0.05) is 36.8 Å². The molecular formula is C21H22N4O4. The van der Waals surface area contributed by atoms with Crippen LogP contribution in [0.3, 0.4) is 0 Å². The lowest BCUT2D eigenvalue weighted by molar-refractivity contribution is -0.384. The van der Waals surface area contributed by atoms with Crippen molar-refractivity contribution in [2.45, 2.75) is 31.7 Å². The first-order valence-corrected chi connectivity index (χ1v) is 9.69. The molecule has 0 saturated carbocycles. The Kier molecular flexibility index (Phi) is 5.37. The lowest BCUT2D eigenvalue weighted by Crippen LogP contribution is -2.50. The second-order valence-electron chi connectivity index (χ2n) is 7.22. The highest BCUT2D eigenvalue weighted by molar-refractivity contribution is 6.13. The van der Waals surface area contributed by atoms with Gasteiger partial charge in [-0.2, -0.15) is 0 Å². The molecule has 8 nitrogen and oxygen atoms in total. The first-order chi connectivity index (χ1) is 14.1. The Balaban J connectivity index is 1.68. The predicted octanol–water partition coefficient (Wildman–Crippen LogP) is 2.63. The van der Waals surface area contributed by atoms with Gasteiger partial charge in [-0.3, -0.25) is 24.7 Å². The van der Waals surface area contributed by atoms with Crippen molar-refractivity contribution in [2.24, 2.45) is 4.99 Å². The van der Waals surface area contributed by atoms with Crippen molar-refractivity contribution < 1.29 is 14.8 Å². The maximum Gasteiger partial charge on any atom is 0.269 e. The number of amides is 1. The summed E-state index contributed by atoms with van der Waals surface area (Å²) in [6.07, 6.45) is 1.59. The van der Waals surface area contributed by atoms with Gasteiger partial charge in [0.15, 0.2) is 6.23 Å². The third-order valence-corrected chi connectivity index (χ3v) is 5.35. The normalized spacial score (nSPS) is 22.4. The van der Waals surface area contributed by atoms with Crippen molar-refractivity contribution in [3.8, 4) is 0 Å². The van der Waals surface area contributed by atoms with Gasteiger partial charge in [0.25, 0.3) is 11.6 Å². The van der Waals surface area contributed by atoms with Gasteiger partial charge < -0.3 is 5.11 Å². The van der Waals surface area contributed by atoms with Gasteiger partial charge in [-0.25, -0.2) is 4.99 Å². The number of hydrogen-bond donors (Lipinski definition) is 1. The van der Waals surface area contributed by atoms with Crippen LogP contribution in [0.1, 0.15) is 35.2 Å². The average molecular weight is 394 g/mol. The Labute approximate surface area is 168 Å². The van der Waals surface area contributed by atoms with E-state index in [1.54, 1.807) is 0 Å². The topological polar surface area (TPSA) is 99.3 Å². The van der Waals surface area contributed by atoms with Crippen LogP contribution in [0.25, 0.3) is 0 Å². The SMILES string of the molecule is O=C(c1ccc([N+](=O)[O-])cc1)N1C(c2ccccc2)=N[C@@H](N2CCCCC2)[C@@H]1O. The lowest BCUT2D eigenvalue weighted by Gasteiger charge is -2.33. The fourth-order valence-corrected chi connectivity index (χ4v) is 3.85. The maximum atomic E-state index is 13.2. The molecule has 150 valence electrons. The zero-order valence-corrected chi connectivity index (χ0v) is 15.8. The molecule has 2 aromatic rings. The molecule has 0 spiro atoms. The van der Waals surface area contributed by atoms with Crippen LogP contribution in [0, 0.1) is 10.1 Å². The average Bonchev–Trinajstić information content (AvgIpc) is 3.11. The molecule has 1 N–H and O–H groups in total. The number of nitrogens with zero attached hydrogens (tertiary/aromatic N) is 4. The number of nitro benzene ring substituents is 1. The molecule has 0 aromatic heterocycles. The summed E-state index contributed by atoms with van der Waals surface area (Å²) in [4.78, 5) is 31.8. The quantitative estimate of drug-likeness (QED) is 0.635. The summed E-state index contributed by atoms with van der Waals surface area (Å²) in [7, 11) is 0. The van der Waals surface area contributed by atoms with Crippen LogP contribution in [0.15, 0.2) is 59.6 Å². The number of likely N-dealkylation sites (tertiary alicyclic amines) is 1. The van der Waals surface area contributed by atoms with E-state index in [1.165, 1.54) is 29.2 Å². The van der Waals surface area contributed by atoms with Crippen LogP contribution in [-0.4, -0.2) is 57.1 Å². The summed E-state index contributed by atoms with van der Waals surface area (Å²) in [5.74, 6) is -0.0217. The molecule has 2 atom stereocenters. The molecule has 8 heteroatoms. The minimum atomic E-state index is -1.12. The summed E-state index contributed by atoms with van der Waals surface area (Å²) < 4.78 is 0. The van der Waals surface area contributed by atoms with Gasteiger partial charge in [0, 0.05) is 36.3 Å². The molecule has 1 saturated heterocycles. The van der Waals surface area contributed by atoms with E-state index in [9.17, 15) is 20.0 Å². The first kappa shape index (κ1) is 19.2. The number of piperidine rings is 1. The summed E-state index contributed by atoms with van der Waals surface area (Å²) in [5.41, 5.74) is 0.908. The number of hydrogen-bond acceptors (Lipinski definition) is 6. The molecule has 0 radical (unpaired) electrons. The predicted molar refractivity (Wildman–Crippen MR) is 107 cm³/mol. The molecule has 0 bridgehead atoms. The molecule has 2 aliphatic rings. The molecule has 29 heavy (non-hydrogen) atoms. The van der Waals surface area contributed by atoms with Gasteiger partial charge in [-0.15, -0.1) is 0 Å². The van der Waals surface area contributed by atoms with E-state index in [1.807, 2.05) is 30.3 Å². The van der Waals surface area contributed by atoms with Crippen molar-refractivity contribution >= 4 is 17.4 Å². The van der Waals surface area contributed by atoms with Crippen LogP contribution in [0.4, 0.5) is 5.69 Å². The number of nitro groups is 1. The van der Waals surface area contributed by atoms with Gasteiger partial charge >= 0.3 is 0 Å². The van der Waals surface area contributed by atoms with Gasteiger partial charge in [-0.05, 0) is 25.0 Å². The summed E-state index contributed by atoms with van der Waals surface area (Å²) in [6.45, 7) is 1.65. The highest BCUT2D eigenvalue weighted by Crippen LogP contribution is 2.27. The smallest absolute Gasteiger partial charge is 0.269 e. The van der Waals surface area contributed by atoms with E-state index in [2.05, 4.69) is 4.90 Å². The largest absolute Gasteiger partial charge is 0.370 e. The highest BCUT2D eigenvalue weighted by Gasteiger charge is 2.42. The lowest BCUT2D eigenvalue weighted by atomic mass is 10.1. The molecule has 4 rings (SSSR count). The van der Waals surface area contributed by atoms with Crippen molar-refractivity contribution in [1.29, 1.82) is 0 Å². The first-order valence-electron chi connectivity index (χ1n) is 9.69. The number of carbonyl (C=O) groups is 1. The van der Waals surface area contributed by atoms with Gasteiger partial charge in [0.05, 0.1) is 4.92 Å². The monoisotopic (exact) mass is 394 g/mol. The zero-order valence-electron chi connectivity index (χ0n) is 15.8. The molecule has 1 amide bonds. The van der Waals surface area contributed by atoms with Gasteiger partial charge in [0.2, 0.25) is 0 Å². The van der Waals surface area contributed by atoms with E-state index in [-0.39, 0.29) is 11.3 Å². The number of non-ortho nitro benzene ring substituents is 1. The fourth-order valence-electron chi connectivity index (χ4n) is 3.85. The second kappa shape index (κ2) is 8.10. The van der Waals surface area contributed by atoms with Crippen LogP contribution in [-0.2, 0) is 0 Å². The number of aliphatic hydroxyl groups is 1. The minimum Gasteiger partial charge on any atom is -0.370 e. The molecule has 2 aromatic carbocycles. The number of aliphatic imine (C=N–C) groups is 1. The molecule has 2 heterocycles. The third kappa shape index (κ3) is 3.76. The minimum absolute atomic E-state index is 0.0911. The summed E-state index contributed by atoms with van der Waals surface area (Å²) in [6, 6.07) is 14.7. The fraction of sp³-hybridized carbons (Fsp3) is 0.333. The van der Waals surface area contributed by atoms with Crippen LogP contribution >= 0.6 is 0 Å². The van der Waals surface area contributed by atoms with E-state index in [4.69, 9.17) is 4.99 Å². The summed E-state index contributed by atoms with van der Waals surface area (Å²) in [5, 5.41) is 21.9. The molecule has 2 aliphatic heterocycles. The standard InChI is InChI=1S/C21H22N4O4/c26-20(16-9-11-17(12-10-16)25(28)29)24-18(15-7-3-1-4-8-15)22-19(21(24)27)23-13-5-2-6-14-23/h1,3-4,7-12,19,21,27H,2,5-6,13-14H2/t19-,21-/m0/s1. The number of carbonyl (C=O) groups excluding carboxylic acids is 1. The van der Waals surface area contributed by atoms with E-state index >= 15 is 0 Å². The Morgan fingerprint density at radius 1 is 1.03 bits per heavy atom. The molecule has 0 aliphatic carbocycles. The maximum absolute atomic E-state index is 13.2. The van der Waals surface area contributed by atoms with E-state index in [0.29, 0.717) is 5.84 Å². The summed E-state index contributed by atoms with van der Waals surface area (Å²) >= 11 is 0. The number of benzene rings is 2. The second-order valence-corrected chi connectivity index (χ2v) is 7.22. The molecular weight excluding hydrogens is 372 g/mol. The van der Waals surface area contributed by atoms with Crippen LogP contribution in [0.5, 0.6) is 0 Å². The number of amidine groups is 1. The van der Waals surface area contributed by atoms with Crippen molar-refractivity contribution in [3.05, 3.63) is 75.8 Å². The van der Waals surface area contributed by atoms with E-state index in [0.717, 1.165) is 37.9 Å². The third-order valence-electron chi connectivity index (χ3n) is 5.35. The Morgan fingerprint density at radius 2 is 1.69 bits per heavy atom. The van der Waals surface area contributed by atoms with Crippen LogP contribution in [0.2, 0.25) is 0 Å². The highest BCUT2D eigenvalue weighted by atomic mass is 16.6. The zero-order chi connectivity index (χ0) is 20.4. The van der Waals surface area contributed by atoms with Crippen LogP contribution < -0.4 is 0 Å². The number of aliphatic hydroxyl groups excluding tert-OH is 1. The van der Waals surface area contributed by atoms with Crippen molar-refractivity contribution in [3.63, 3.8) is 0 Å². The van der Waals surface area contributed by atoms with E-state index < -0.39 is 23.2 Å². The van der Waals surface area contributed by atoms with Crippen molar-refractivity contribution in [1.82, 2.24) is 9.80 Å². The number of rotatable bonds is 4. The van der Waals surface area contributed by atoms with Crippen molar-refractivity contribution in [2.75, 3.05) is 13.1 Å².